The monoisotopic (exact) mass is 695 g/mol. The summed E-state index contributed by atoms with van der Waals surface area (Å²) in [5.74, 6) is 0. The molecule has 0 radical (unpaired) electrons. The fourth-order valence-corrected chi connectivity index (χ4v) is 2.90. The molecule has 0 heteroatoms. The van der Waals surface area contributed by atoms with Gasteiger partial charge in [-0.25, -0.2) is 0 Å². The maximum absolute atomic E-state index is 2.17. The fourth-order valence-electron chi connectivity index (χ4n) is 2.90. The molecule has 0 spiro atoms. The highest BCUT2D eigenvalue weighted by molar-refractivity contribution is 5.31. The van der Waals surface area contributed by atoms with E-state index in [1.165, 1.54) is 44.5 Å². The van der Waals surface area contributed by atoms with E-state index in [9.17, 15) is 0 Å². The minimum absolute atomic E-state index is 1.32. The molecule has 294 valence electrons. The van der Waals surface area contributed by atoms with Crippen molar-refractivity contribution in [3.05, 3.63) is 142 Å². The van der Waals surface area contributed by atoms with E-state index in [0.29, 0.717) is 0 Å². The van der Waals surface area contributed by atoms with Crippen molar-refractivity contribution in [1.29, 1.82) is 0 Å². The third-order valence-corrected chi connectivity index (χ3v) is 5.42. The lowest BCUT2D eigenvalue weighted by Gasteiger charge is -2.00. The molecule has 0 aliphatic rings. The maximum atomic E-state index is 2.17. The van der Waals surface area contributed by atoms with Crippen LogP contribution in [0.5, 0.6) is 0 Å². The molecule has 50 heavy (non-hydrogen) atoms. The number of hydrogen-bond donors (Lipinski definition) is 0. The first-order chi connectivity index (χ1) is 24.2. The van der Waals surface area contributed by atoms with Crippen molar-refractivity contribution in [1.82, 2.24) is 0 Å². The van der Waals surface area contributed by atoms with Gasteiger partial charge >= 0.3 is 0 Å². The third-order valence-electron chi connectivity index (χ3n) is 5.42. The lowest BCUT2D eigenvalue weighted by atomic mass is 10.1. The van der Waals surface area contributed by atoms with E-state index < -0.39 is 0 Å². The molecule has 0 unspecified atom stereocenters. The van der Waals surface area contributed by atoms with E-state index >= 15 is 0 Å². The predicted molar refractivity (Wildman–Crippen MR) is 246 cm³/mol. The first-order valence-electron chi connectivity index (χ1n) is 20.3. The second kappa shape index (κ2) is 67.9. The standard InChI is InChI=1S/C9H12.2C8H10.C7H8.9C2H6/c1-7-5-4-6-8(2)9(7)3;1-7-4-3-5-8(2)6-7;1-7-5-3-4-6-8(7)2;1-7-5-3-2-4-6-7;9*1-2/h4-6H,1-3H3;2*3-6H,1-2H3;2-6H,1H3;9*1-2H3. The highest BCUT2D eigenvalue weighted by Crippen LogP contribution is 2.10. The van der Waals surface area contributed by atoms with Crippen molar-refractivity contribution in [2.45, 2.75) is 180 Å². The third kappa shape index (κ3) is 54.3. The van der Waals surface area contributed by atoms with E-state index in [0.717, 1.165) is 0 Å². The Labute approximate surface area is 320 Å². The van der Waals surface area contributed by atoms with E-state index in [1.54, 1.807) is 0 Å². The summed E-state index contributed by atoms with van der Waals surface area (Å²) in [6, 6.07) is 33.4. The Morgan fingerprint density at radius 2 is 0.440 bits per heavy atom. The summed E-state index contributed by atoms with van der Waals surface area (Å²) in [6.45, 7) is 53.0. The van der Waals surface area contributed by atoms with Gasteiger partial charge in [-0.1, -0.05) is 238 Å². The molecule has 4 aromatic carbocycles. The van der Waals surface area contributed by atoms with Crippen molar-refractivity contribution < 1.29 is 0 Å². The summed E-state index contributed by atoms with van der Waals surface area (Å²) < 4.78 is 0. The molecule has 0 aromatic heterocycles. The molecule has 0 saturated carbocycles. The second-order valence-electron chi connectivity index (χ2n) is 8.41. The fraction of sp³-hybridized carbons (Fsp3) is 0.520. The summed E-state index contributed by atoms with van der Waals surface area (Å²) >= 11 is 0. The van der Waals surface area contributed by atoms with Gasteiger partial charge in [0.15, 0.2) is 0 Å². The van der Waals surface area contributed by atoms with Gasteiger partial charge in [-0.3, -0.25) is 0 Å². The van der Waals surface area contributed by atoms with Gasteiger partial charge in [0.2, 0.25) is 0 Å². The van der Waals surface area contributed by atoms with Crippen LogP contribution in [0.3, 0.4) is 0 Å². The van der Waals surface area contributed by atoms with Crippen LogP contribution < -0.4 is 0 Å². The van der Waals surface area contributed by atoms with Gasteiger partial charge in [-0.15, -0.1) is 0 Å². The zero-order valence-electron chi connectivity index (χ0n) is 39.2. The average Bonchev–Trinajstić information content (AvgIpc) is 3.20. The van der Waals surface area contributed by atoms with Crippen LogP contribution in [0, 0.1) is 55.4 Å². The van der Waals surface area contributed by atoms with Gasteiger partial charge in [0.25, 0.3) is 0 Å². The Morgan fingerprint density at radius 1 is 0.220 bits per heavy atom. The molecule has 0 aliphatic heterocycles. The van der Waals surface area contributed by atoms with Crippen molar-refractivity contribution in [2.24, 2.45) is 0 Å². The minimum atomic E-state index is 1.32. The topological polar surface area (TPSA) is 0 Å². The van der Waals surface area contributed by atoms with Gasteiger partial charge in [-0.05, 0) is 83.2 Å². The summed E-state index contributed by atoms with van der Waals surface area (Å²) in [5, 5.41) is 0. The average molecular weight is 695 g/mol. The van der Waals surface area contributed by atoms with E-state index in [4.69, 9.17) is 0 Å². The number of hydrogen-bond acceptors (Lipinski definition) is 0. The molecule has 0 heterocycles. The zero-order chi connectivity index (χ0) is 41.9. The molecule has 0 fully saturated rings. The Morgan fingerprint density at radius 3 is 0.620 bits per heavy atom. The molecule has 0 bridgehead atoms. The first-order valence-corrected chi connectivity index (χ1v) is 20.3. The van der Waals surface area contributed by atoms with Crippen LogP contribution in [0.15, 0.2) is 97.1 Å². The smallest absolute Gasteiger partial charge is 0.0392 e. The lowest BCUT2D eigenvalue weighted by molar-refractivity contribution is 1.27. The van der Waals surface area contributed by atoms with Crippen LogP contribution in [0.25, 0.3) is 0 Å². The quantitative estimate of drug-likeness (QED) is 0.172. The Bertz CT molecular complexity index is 984. The Kier molecular flexibility index (Phi) is 93.5. The maximum Gasteiger partial charge on any atom is -0.0392 e. The highest BCUT2D eigenvalue weighted by Gasteiger charge is 1.92. The normalized spacial score (nSPS) is 7.00. The summed E-state index contributed by atoms with van der Waals surface area (Å²) in [6.07, 6.45) is 0. The summed E-state index contributed by atoms with van der Waals surface area (Å²) in [4.78, 5) is 0. The van der Waals surface area contributed by atoms with Gasteiger partial charge in [-0.2, -0.15) is 0 Å². The minimum Gasteiger partial charge on any atom is -0.0683 e. The van der Waals surface area contributed by atoms with Gasteiger partial charge in [0.1, 0.15) is 0 Å². The SMILES string of the molecule is CC.CC.CC.CC.CC.CC.CC.CC.CC.Cc1cccc(C)c1.Cc1cccc(C)c1C.Cc1ccccc1.Cc1ccccc1C. The van der Waals surface area contributed by atoms with Crippen LogP contribution in [-0.2, 0) is 0 Å². The molecule has 4 aromatic rings. The predicted octanol–water partition coefficient (Wildman–Crippen LogP) is 18.4. The summed E-state index contributed by atoms with van der Waals surface area (Å²) in [7, 11) is 0. The Hall–Kier alpha value is -3.12. The van der Waals surface area contributed by atoms with Crippen LogP contribution >= 0.6 is 0 Å². The van der Waals surface area contributed by atoms with E-state index in [1.807, 2.05) is 143 Å². The highest BCUT2D eigenvalue weighted by atomic mass is 14.0. The molecule has 0 amide bonds. The van der Waals surface area contributed by atoms with Crippen molar-refractivity contribution in [3.8, 4) is 0 Å². The van der Waals surface area contributed by atoms with Crippen LogP contribution in [0.2, 0.25) is 0 Å². The Balaban J connectivity index is -0.0000000557. The molecule has 0 N–H and O–H groups in total. The summed E-state index contributed by atoms with van der Waals surface area (Å²) in [5.41, 5.74) is 10.9. The van der Waals surface area contributed by atoms with Crippen LogP contribution in [-0.4, -0.2) is 0 Å². The van der Waals surface area contributed by atoms with Crippen molar-refractivity contribution >= 4 is 0 Å². The van der Waals surface area contributed by atoms with Crippen molar-refractivity contribution in [3.63, 3.8) is 0 Å². The van der Waals surface area contributed by atoms with Gasteiger partial charge < -0.3 is 0 Å². The second-order valence-corrected chi connectivity index (χ2v) is 8.41. The largest absolute Gasteiger partial charge is 0.0683 e. The van der Waals surface area contributed by atoms with Crippen LogP contribution in [0.4, 0.5) is 0 Å². The molecule has 4 rings (SSSR count). The number of benzene rings is 4. The molecule has 0 aliphatic carbocycles. The molecular weight excluding hydrogens is 601 g/mol. The zero-order valence-corrected chi connectivity index (χ0v) is 39.2. The van der Waals surface area contributed by atoms with Crippen molar-refractivity contribution in [2.75, 3.05) is 0 Å². The lowest BCUT2D eigenvalue weighted by Crippen LogP contribution is -1.82. The number of aryl methyl sites for hydroxylation is 7. The van der Waals surface area contributed by atoms with E-state index in [-0.39, 0.29) is 0 Å². The molecule has 0 atom stereocenters. The first kappa shape index (κ1) is 68.8. The van der Waals surface area contributed by atoms with Gasteiger partial charge in [0, 0.05) is 0 Å². The molecule has 0 nitrogen and oxygen atoms in total. The molecular formula is C50H94. The molecule has 0 saturated heterocycles. The van der Waals surface area contributed by atoms with Gasteiger partial charge in [0.05, 0.1) is 0 Å². The van der Waals surface area contributed by atoms with E-state index in [2.05, 4.69) is 134 Å². The van der Waals surface area contributed by atoms with Crippen LogP contribution in [0.1, 0.15) is 169 Å². The number of rotatable bonds is 0.